The summed E-state index contributed by atoms with van der Waals surface area (Å²) in [6, 6.07) is -0.0474. The number of hydrogen-bond donors (Lipinski definition) is 1. The van der Waals surface area contributed by atoms with Crippen LogP contribution in [0.4, 0.5) is 0 Å². The molecule has 1 fully saturated rings. The number of nitrogens with zero attached hydrogens (tertiary/aromatic N) is 2. The van der Waals surface area contributed by atoms with Crippen LogP contribution in [-0.2, 0) is 22.5 Å². The van der Waals surface area contributed by atoms with E-state index in [1.807, 2.05) is 0 Å². The van der Waals surface area contributed by atoms with E-state index in [2.05, 4.69) is 29.1 Å². The van der Waals surface area contributed by atoms with Crippen molar-refractivity contribution in [3.63, 3.8) is 0 Å². The lowest BCUT2D eigenvalue weighted by Gasteiger charge is -2.28. The molecule has 112 valence electrons. The minimum atomic E-state index is -0.768. The van der Waals surface area contributed by atoms with Crippen LogP contribution in [0.3, 0.4) is 0 Å². The van der Waals surface area contributed by atoms with Crippen molar-refractivity contribution < 1.29 is 14.6 Å². The number of likely N-dealkylation sites (N-methyl/N-ethyl adjacent to an activating group) is 1. The Morgan fingerprint density at radius 2 is 2.35 bits per heavy atom. The molecule has 20 heavy (non-hydrogen) atoms. The Bertz CT molecular complexity index is 449. The molecule has 5 nitrogen and oxygen atoms in total. The second-order valence-electron chi connectivity index (χ2n) is 5.10. The molecule has 1 aromatic heterocycles. The van der Waals surface area contributed by atoms with Crippen LogP contribution in [0.5, 0.6) is 0 Å². The summed E-state index contributed by atoms with van der Waals surface area (Å²) in [4.78, 5) is 18.0. The zero-order valence-electron chi connectivity index (χ0n) is 12.0. The largest absolute Gasteiger partial charge is 0.481 e. The van der Waals surface area contributed by atoms with Crippen LogP contribution in [0.1, 0.15) is 31.0 Å². The molecular weight excluding hydrogens is 276 g/mol. The van der Waals surface area contributed by atoms with E-state index in [9.17, 15) is 9.90 Å². The number of hydrogen-bond acceptors (Lipinski definition) is 5. The minimum absolute atomic E-state index is 0.0474. The molecule has 0 aliphatic carbocycles. The SMILES string of the molecule is CCCc1nc(CN(CC)C2COCC2C(=O)O)cs1. The second-order valence-corrected chi connectivity index (χ2v) is 6.04. The van der Waals surface area contributed by atoms with E-state index in [1.165, 1.54) is 0 Å². The first-order valence-electron chi connectivity index (χ1n) is 7.13. The maximum absolute atomic E-state index is 11.3. The lowest BCUT2D eigenvalue weighted by molar-refractivity contribution is -0.143. The summed E-state index contributed by atoms with van der Waals surface area (Å²) >= 11 is 1.69. The van der Waals surface area contributed by atoms with Gasteiger partial charge in [-0.25, -0.2) is 4.98 Å². The van der Waals surface area contributed by atoms with Crippen LogP contribution in [0.15, 0.2) is 5.38 Å². The highest BCUT2D eigenvalue weighted by Gasteiger charge is 2.37. The quantitative estimate of drug-likeness (QED) is 0.834. The summed E-state index contributed by atoms with van der Waals surface area (Å²) in [6.07, 6.45) is 2.11. The Kier molecular flexibility index (Phi) is 5.51. The topological polar surface area (TPSA) is 62.7 Å². The van der Waals surface area contributed by atoms with E-state index in [1.54, 1.807) is 11.3 Å². The van der Waals surface area contributed by atoms with E-state index in [-0.39, 0.29) is 6.04 Å². The fourth-order valence-electron chi connectivity index (χ4n) is 2.56. The molecule has 0 bridgehead atoms. The molecule has 2 atom stereocenters. The number of carbonyl (C=O) groups is 1. The molecule has 1 aromatic rings. The van der Waals surface area contributed by atoms with Crippen LogP contribution in [0.2, 0.25) is 0 Å². The van der Waals surface area contributed by atoms with Crippen LogP contribution >= 0.6 is 11.3 Å². The first-order valence-corrected chi connectivity index (χ1v) is 8.01. The summed E-state index contributed by atoms with van der Waals surface area (Å²) in [5.41, 5.74) is 1.04. The number of thiazole rings is 1. The van der Waals surface area contributed by atoms with Crippen LogP contribution in [-0.4, -0.2) is 46.8 Å². The maximum atomic E-state index is 11.3. The molecule has 0 aromatic carbocycles. The molecule has 6 heteroatoms. The molecule has 0 saturated carbocycles. The Labute approximate surface area is 123 Å². The first-order chi connectivity index (χ1) is 9.65. The molecule has 2 heterocycles. The smallest absolute Gasteiger partial charge is 0.310 e. The predicted molar refractivity (Wildman–Crippen MR) is 77.9 cm³/mol. The fraction of sp³-hybridized carbons (Fsp3) is 0.714. The monoisotopic (exact) mass is 298 g/mol. The lowest BCUT2D eigenvalue weighted by atomic mass is 10.0. The standard InChI is InChI=1S/C14H22N2O3S/c1-3-5-13-15-10(9-20-13)6-16(4-2)12-8-19-7-11(12)14(17)18/h9,11-12H,3-8H2,1-2H3,(H,17,18). The number of ether oxygens (including phenoxy) is 1. The number of carboxylic acid groups (broad SMARTS) is 1. The van der Waals surface area contributed by atoms with Crippen LogP contribution in [0.25, 0.3) is 0 Å². The molecular formula is C14H22N2O3S. The highest BCUT2D eigenvalue weighted by molar-refractivity contribution is 7.09. The van der Waals surface area contributed by atoms with Crippen molar-refractivity contribution in [2.24, 2.45) is 5.92 Å². The van der Waals surface area contributed by atoms with Gasteiger partial charge in [0.1, 0.15) is 0 Å². The molecule has 1 aliphatic rings. The number of rotatable bonds is 7. The highest BCUT2D eigenvalue weighted by atomic mass is 32.1. The summed E-state index contributed by atoms with van der Waals surface area (Å²) in [7, 11) is 0. The summed E-state index contributed by atoms with van der Waals surface area (Å²) in [6.45, 7) is 6.52. The van der Waals surface area contributed by atoms with Crippen molar-refractivity contribution in [3.8, 4) is 0 Å². The molecule has 0 spiro atoms. The summed E-state index contributed by atoms with van der Waals surface area (Å²) < 4.78 is 5.35. The molecule has 2 rings (SSSR count). The zero-order valence-corrected chi connectivity index (χ0v) is 12.9. The van der Waals surface area contributed by atoms with Gasteiger partial charge in [0.25, 0.3) is 0 Å². The lowest BCUT2D eigenvalue weighted by Crippen LogP contribution is -2.42. The minimum Gasteiger partial charge on any atom is -0.481 e. The van der Waals surface area contributed by atoms with Gasteiger partial charge in [0.2, 0.25) is 0 Å². The fourth-order valence-corrected chi connectivity index (χ4v) is 3.45. The maximum Gasteiger partial charge on any atom is 0.310 e. The van der Waals surface area contributed by atoms with Crippen molar-refractivity contribution in [1.29, 1.82) is 0 Å². The summed E-state index contributed by atoms with van der Waals surface area (Å²) in [5.74, 6) is -1.19. The third-order valence-electron chi connectivity index (χ3n) is 3.67. The third kappa shape index (κ3) is 3.56. The van der Waals surface area contributed by atoms with Gasteiger partial charge in [-0.2, -0.15) is 0 Å². The van der Waals surface area contributed by atoms with Gasteiger partial charge in [-0.1, -0.05) is 13.8 Å². The van der Waals surface area contributed by atoms with Crippen molar-refractivity contribution >= 4 is 17.3 Å². The molecule has 1 saturated heterocycles. The average molecular weight is 298 g/mol. The van der Waals surface area contributed by atoms with Gasteiger partial charge in [-0.15, -0.1) is 11.3 Å². The third-order valence-corrected chi connectivity index (χ3v) is 4.63. The normalized spacial score (nSPS) is 22.6. The van der Waals surface area contributed by atoms with Gasteiger partial charge < -0.3 is 9.84 Å². The summed E-state index contributed by atoms with van der Waals surface area (Å²) in [5, 5.41) is 12.5. The molecule has 2 unspecified atom stereocenters. The van der Waals surface area contributed by atoms with E-state index < -0.39 is 11.9 Å². The van der Waals surface area contributed by atoms with Gasteiger partial charge >= 0.3 is 5.97 Å². The van der Waals surface area contributed by atoms with Gasteiger partial charge in [-0.3, -0.25) is 9.69 Å². The Balaban J connectivity index is 2.02. The number of aromatic nitrogens is 1. The molecule has 0 amide bonds. The van der Waals surface area contributed by atoms with Gasteiger partial charge in [0, 0.05) is 18.0 Å². The van der Waals surface area contributed by atoms with Crippen molar-refractivity contribution in [2.75, 3.05) is 19.8 Å². The van der Waals surface area contributed by atoms with E-state index >= 15 is 0 Å². The van der Waals surface area contributed by atoms with E-state index in [0.717, 1.165) is 30.1 Å². The van der Waals surface area contributed by atoms with Gasteiger partial charge in [0.05, 0.1) is 29.8 Å². The van der Waals surface area contributed by atoms with E-state index in [4.69, 9.17) is 4.74 Å². The average Bonchev–Trinajstić information content (AvgIpc) is 3.05. The Morgan fingerprint density at radius 1 is 1.55 bits per heavy atom. The number of aliphatic carboxylic acids is 1. The first kappa shape index (κ1) is 15.4. The van der Waals surface area contributed by atoms with Crippen LogP contribution in [0, 0.1) is 5.92 Å². The van der Waals surface area contributed by atoms with Crippen molar-refractivity contribution in [1.82, 2.24) is 9.88 Å². The van der Waals surface area contributed by atoms with Crippen molar-refractivity contribution in [2.45, 2.75) is 39.3 Å². The number of aryl methyl sites for hydroxylation is 1. The number of carboxylic acids is 1. The molecule has 0 radical (unpaired) electrons. The van der Waals surface area contributed by atoms with Gasteiger partial charge in [0.15, 0.2) is 0 Å². The van der Waals surface area contributed by atoms with Gasteiger partial charge in [-0.05, 0) is 19.4 Å². The zero-order chi connectivity index (χ0) is 14.5. The predicted octanol–water partition coefficient (Wildman–Crippen LogP) is 2.02. The Hall–Kier alpha value is -0.980. The Morgan fingerprint density at radius 3 is 3.00 bits per heavy atom. The van der Waals surface area contributed by atoms with Crippen molar-refractivity contribution in [3.05, 3.63) is 16.1 Å². The van der Waals surface area contributed by atoms with E-state index in [0.29, 0.717) is 19.8 Å². The highest BCUT2D eigenvalue weighted by Crippen LogP contribution is 2.22. The molecule has 1 N–H and O–H groups in total. The second kappa shape index (κ2) is 7.15. The molecule has 1 aliphatic heterocycles. The van der Waals surface area contributed by atoms with Crippen LogP contribution < -0.4 is 0 Å².